The summed E-state index contributed by atoms with van der Waals surface area (Å²) in [4.78, 5) is 13.4. The smallest absolute Gasteiger partial charge is 0.277 e. The molecule has 2 aromatic rings. The quantitative estimate of drug-likeness (QED) is 0.733. The Morgan fingerprint density at radius 2 is 2.13 bits per heavy atom. The van der Waals surface area contributed by atoms with E-state index in [4.69, 9.17) is 16.0 Å². The Labute approximate surface area is 144 Å². The molecular weight excluding hydrogens is 334 g/mol. The highest BCUT2D eigenvalue weighted by atomic mass is 35.5. The second-order valence-corrected chi connectivity index (χ2v) is 7.04. The number of nitrogens with zero attached hydrogens (tertiary/aromatic N) is 3. The number of likely N-dealkylation sites (tertiary alicyclic amines) is 1. The molecule has 3 rings (SSSR count). The maximum atomic E-state index is 11.6. The fourth-order valence-electron chi connectivity index (χ4n) is 2.57. The van der Waals surface area contributed by atoms with Crippen molar-refractivity contribution in [2.45, 2.75) is 43.2 Å². The molecule has 1 unspecified atom stereocenters. The summed E-state index contributed by atoms with van der Waals surface area (Å²) in [6.45, 7) is 3.29. The summed E-state index contributed by atoms with van der Waals surface area (Å²) < 4.78 is 5.69. The minimum Gasteiger partial charge on any atom is -0.414 e. The Balaban J connectivity index is 1.65. The summed E-state index contributed by atoms with van der Waals surface area (Å²) in [6.07, 6.45) is 2.46. The number of rotatable bonds is 6. The number of carbonyl (C=O) groups is 1. The van der Waals surface area contributed by atoms with Crippen molar-refractivity contribution < 1.29 is 9.21 Å². The van der Waals surface area contributed by atoms with Gasteiger partial charge in [-0.3, -0.25) is 4.79 Å². The van der Waals surface area contributed by atoms with Gasteiger partial charge in [-0.25, -0.2) is 0 Å². The third-order valence-corrected chi connectivity index (χ3v) is 5.31. The summed E-state index contributed by atoms with van der Waals surface area (Å²) in [6, 6.07) is 7.81. The van der Waals surface area contributed by atoms with Crippen LogP contribution in [0.5, 0.6) is 0 Å². The summed E-state index contributed by atoms with van der Waals surface area (Å²) in [5.41, 5.74) is 1.18. The minimum absolute atomic E-state index is 0.157. The molecule has 0 N–H and O–H groups in total. The Bertz CT molecular complexity index is 674. The van der Waals surface area contributed by atoms with Crippen molar-refractivity contribution in [3.05, 3.63) is 40.7 Å². The Hall–Kier alpha value is -1.53. The molecule has 5 nitrogen and oxygen atoms in total. The van der Waals surface area contributed by atoms with Gasteiger partial charge in [-0.1, -0.05) is 42.4 Å². The van der Waals surface area contributed by atoms with Gasteiger partial charge in [0.25, 0.3) is 5.22 Å². The number of halogens is 1. The number of benzene rings is 1. The molecule has 122 valence electrons. The number of hydrogen-bond donors (Lipinski definition) is 0. The zero-order valence-corrected chi connectivity index (χ0v) is 14.4. The van der Waals surface area contributed by atoms with Crippen LogP contribution in [0.4, 0.5) is 0 Å². The number of aromatic nitrogens is 2. The van der Waals surface area contributed by atoms with Crippen LogP contribution in [0, 0.1) is 0 Å². The largest absolute Gasteiger partial charge is 0.414 e. The van der Waals surface area contributed by atoms with E-state index in [0.717, 1.165) is 24.4 Å². The van der Waals surface area contributed by atoms with E-state index < -0.39 is 0 Å². The van der Waals surface area contributed by atoms with Crippen LogP contribution in [0.15, 0.2) is 33.9 Å². The zero-order chi connectivity index (χ0) is 16.2. The standard InChI is InChI=1S/C16H18ClN3O2S/c1-2-13(11-5-7-12(17)8-6-11)23-16-19-18-14(22-16)10-20-9-3-4-15(20)21/h5-8,13H,2-4,9-10H2,1H3. The van der Waals surface area contributed by atoms with Gasteiger partial charge >= 0.3 is 0 Å². The fraction of sp³-hybridized carbons (Fsp3) is 0.438. The van der Waals surface area contributed by atoms with Crippen LogP contribution in [-0.2, 0) is 11.3 Å². The predicted molar refractivity (Wildman–Crippen MR) is 89.3 cm³/mol. The van der Waals surface area contributed by atoms with Crippen molar-refractivity contribution in [1.82, 2.24) is 15.1 Å². The molecule has 1 atom stereocenters. The molecule has 1 fully saturated rings. The lowest BCUT2D eigenvalue weighted by Crippen LogP contribution is -2.23. The van der Waals surface area contributed by atoms with Gasteiger partial charge in [-0.15, -0.1) is 10.2 Å². The Morgan fingerprint density at radius 3 is 2.78 bits per heavy atom. The van der Waals surface area contributed by atoms with E-state index in [2.05, 4.69) is 17.1 Å². The lowest BCUT2D eigenvalue weighted by Gasteiger charge is -2.13. The average Bonchev–Trinajstić information content (AvgIpc) is 3.16. The van der Waals surface area contributed by atoms with Crippen LogP contribution in [-0.4, -0.2) is 27.5 Å². The van der Waals surface area contributed by atoms with Crippen LogP contribution in [0.3, 0.4) is 0 Å². The van der Waals surface area contributed by atoms with Gasteiger partial charge in [0.1, 0.15) is 0 Å². The van der Waals surface area contributed by atoms with Gasteiger partial charge in [0.15, 0.2) is 0 Å². The molecule has 0 saturated carbocycles. The second kappa shape index (κ2) is 7.36. The van der Waals surface area contributed by atoms with E-state index in [9.17, 15) is 4.79 Å². The molecular formula is C16H18ClN3O2S. The highest BCUT2D eigenvalue weighted by Crippen LogP contribution is 2.37. The Kier molecular flexibility index (Phi) is 5.23. The first-order chi connectivity index (χ1) is 11.2. The lowest BCUT2D eigenvalue weighted by atomic mass is 10.1. The van der Waals surface area contributed by atoms with E-state index in [1.165, 1.54) is 5.56 Å². The summed E-state index contributed by atoms with van der Waals surface area (Å²) >= 11 is 7.48. The average molecular weight is 352 g/mol. The lowest BCUT2D eigenvalue weighted by molar-refractivity contribution is -0.128. The molecule has 1 amide bonds. The number of carbonyl (C=O) groups excluding carboxylic acids is 1. The first kappa shape index (κ1) is 16.3. The summed E-state index contributed by atoms with van der Waals surface area (Å²) in [7, 11) is 0. The van der Waals surface area contributed by atoms with E-state index in [0.29, 0.717) is 24.1 Å². The molecule has 0 bridgehead atoms. The van der Waals surface area contributed by atoms with Crippen LogP contribution < -0.4 is 0 Å². The third-order valence-electron chi connectivity index (χ3n) is 3.80. The van der Waals surface area contributed by atoms with E-state index >= 15 is 0 Å². The molecule has 1 aliphatic heterocycles. The van der Waals surface area contributed by atoms with Crippen LogP contribution >= 0.6 is 23.4 Å². The summed E-state index contributed by atoms with van der Waals surface area (Å²) in [5, 5.41) is 9.65. The minimum atomic E-state index is 0.157. The van der Waals surface area contributed by atoms with Crippen molar-refractivity contribution in [1.29, 1.82) is 0 Å². The monoisotopic (exact) mass is 351 g/mol. The SMILES string of the molecule is CCC(Sc1nnc(CN2CCCC2=O)o1)c1ccc(Cl)cc1. The molecule has 0 radical (unpaired) electrons. The number of amides is 1. The zero-order valence-electron chi connectivity index (χ0n) is 12.9. The van der Waals surface area contributed by atoms with Crippen molar-refractivity contribution in [3.63, 3.8) is 0 Å². The van der Waals surface area contributed by atoms with Gasteiger partial charge in [-0.05, 0) is 30.5 Å². The molecule has 1 saturated heterocycles. The van der Waals surface area contributed by atoms with Crippen LogP contribution in [0.25, 0.3) is 0 Å². The van der Waals surface area contributed by atoms with Crippen molar-refractivity contribution >= 4 is 29.3 Å². The highest BCUT2D eigenvalue weighted by Gasteiger charge is 2.23. The molecule has 0 spiro atoms. The van der Waals surface area contributed by atoms with Gasteiger partial charge in [0.2, 0.25) is 11.8 Å². The highest BCUT2D eigenvalue weighted by molar-refractivity contribution is 7.99. The van der Waals surface area contributed by atoms with E-state index in [1.54, 1.807) is 16.7 Å². The molecule has 1 aromatic carbocycles. The van der Waals surface area contributed by atoms with Crippen molar-refractivity contribution in [2.24, 2.45) is 0 Å². The van der Waals surface area contributed by atoms with E-state index in [-0.39, 0.29) is 11.2 Å². The van der Waals surface area contributed by atoms with Gasteiger partial charge in [0.05, 0.1) is 6.54 Å². The second-order valence-electron chi connectivity index (χ2n) is 5.45. The van der Waals surface area contributed by atoms with Gasteiger partial charge in [0, 0.05) is 23.2 Å². The normalized spacial score (nSPS) is 16.1. The van der Waals surface area contributed by atoms with Crippen LogP contribution in [0.2, 0.25) is 5.02 Å². The maximum absolute atomic E-state index is 11.6. The fourth-order valence-corrected chi connectivity index (χ4v) is 3.63. The van der Waals surface area contributed by atoms with Crippen LogP contribution in [0.1, 0.15) is 42.9 Å². The van der Waals surface area contributed by atoms with Gasteiger partial charge in [-0.2, -0.15) is 0 Å². The third kappa shape index (κ3) is 4.06. The maximum Gasteiger partial charge on any atom is 0.277 e. The number of thioether (sulfide) groups is 1. The molecule has 1 aromatic heterocycles. The van der Waals surface area contributed by atoms with Gasteiger partial charge < -0.3 is 9.32 Å². The first-order valence-electron chi connectivity index (χ1n) is 7.68. The van der Waals surface area contributed by atoms with Crippen molar-refractivity contribution in [2.75, 3.05) is 6.54 Å². The number of hydrogen-bond acceptors (Lipinski definition) is 5. The molecule has 23 heavy (non-hydrogen) atoms. The topological polar surface area (TPSA) is 59.2 Å². The Morgan fingerprint density at radius 1 is 1.35 bits per heavy atom. The molecule has 1 aliphatic rings. The molecule has 0 aliphatic carbocycles. The molecule has 7 heteroatoms. The van der Waals surface area contributed by atoms with E-state index in [1.807, 2.05) is 24.3 Å². The first-order valence-corrected chi connectivity index (χ1v) is 8.93. The summed E-state index contributed by atoms with van der Waals surface area (Å²) in [5.74, 6) is 0.652. The predicted octanol–water partition coefficient (Wildman–Crippen LogP) is 4.09. The molecule has 2 heterocycles. The van der Waals surface area contributed by atoms with Crippen molar-refractivity contribution in [3.8, 4) is 0 Å².